The summed E-state index contributed by atoms with van der Waals surface area (Å²) in [6, 6.07) is 12.2. The van der Waals surface area contributed by atoms with Crippen LogP contribution >= 0.6 is 0 Å². The minimum Gasteiger partial charge on any atom is -0.337 e. The first-order chi connectivity index (χ1) is 15.9. The highest BCUT2D eigenvalue weighted by atomic mass is 32.2. The average Bonchev–Trinajstić information content (AvgIpc) is 3.18. The van der Waals surface area contributed by atoms with Gasteiger partial charge in [0.05, 0.1) is 21.5 Å². The molecule has 0 spiro atoms. The van der Waals surface area contributed by atoms with E-state index in [1.807, 2.05) is 6.92 Å². The van der Waals surface area contributed by atoms with Gasteiger partial charge in [0.15, 0.2) is 0 Å². The van der Waals surface area contributed by atoms with Gasteiger partial charge < -0.3 is 15.6 Å². The van der Waals surface area contributed by atoms with E-state index in [-0.39, 0.29) is 16.5 Å². The molecule has 2 aromatic carbocycles. The number of hydrogen-bond acceptors (Lipinski definition) is 7. The van der Waals surface area contributed by atoms with Crippen LogP contribution in [0.2, 0.25) is 0 Å². The number of nitrogens with two attached hydrogens (primary N) is 1. The van der Waals surface area contributed by atoms with E-state index < -0.39 is 33.6 Å². The number of aromatic nitrogens is 2. The Hall–Kier alpha value is -3.31. The van der Waals surface area contributed by atoms with Crippen molar-refractivity contribution < 1.29 is 22.1 Å². The van der Waals surface area contributed by atoms with Crippen molar-refractivity contribution in [1.29, 1.82) is 0 Å². The number of nitrogens with one attached hydrogen (secondary N) is 2. The van der Waals surface area contributed by atoms with Gasteiger partial charge in [-0.15, -0.1) is 0 Å². The molecular formula is C23H26FN5O4S. The van der Waals surface area contributed by atoms with Gasteiger partial charge in [-0.05, 0) is 68.7 Å². The summed E-state index contributed by atoms with van der Waals surface area (Å²) in [4.78, 5) is 16.6. The molecule has 1 saturated carbocycles. The highest BCUT2D eigenvalue weighted by Crippen LogP contribution is 2.48. The third kappa shape index (κ3) is 4.66. The largest absolute Gasteiger partial charge is 0.337 e. The number of alkyl halides is 1. The number of anilines is 2. The van der Waals surface area contributed by atoms with Gasteiger partial charge in [-0.2, -0.15) is 4.98 Å². The van der Waals surface area contributed by atoms with E-state index in [9.17, 15) is 17.6 Å². The third-order valence-corrected chi connectivity index (χ3v) is 7.33. The van der Waals surface area contributed by atoms with Crippen LogP contribution in [0.25, 0.3) is 11.4 Å². The predicted octanol–water partition coefficient (Wildman–Crippen LogP) is 3.67. The third-order valence-electron chi connectivity index (χ3n) is 5.93. The van der Waals surface area contributed by atoms with Crippen LogP contribution in [0.4, 0.5) is 15.8 Å². The second-order valence-corrected chi connectivity index (χ2v) is 10.9. The summed E-state index contributed by atoms with van der Waals surface area (Å²) >= 11 is 0. The summed E-state index contributed by atoms with van der Waals surface area (Å²) in [6.07, 6.45) is 0.774. The van der Waals surface area contributed by atoms with E-state index in [2.05, 4.69) is 20.2 Å². The lowest BCUT2D eigenvalue weighted by atomic mass is 9.94. The number of carbonyl (C=O) groups excluding carboxylic acids is 1. The van der Waals surface area contributed by atoms with Gasteiger partial charge in [-0.3, -0.25) is 9.52 Å². The molecule has 1 heterocycles. The van der Waals surface area contributed by atoms with Crippen LogP contribution < -0.4 is 15.8 Å². The topological polar surface area (TPSA) is 140 Å². The van der Waals surface area contributed by atoms with E-state index in [1.165, 1.54) is 32.0 Å². The summed E-state index contributed by atoms with van der Waals surface area (Å²) in [5.74, 6) is 0.457. The lowest BCUT2D eigenvalue weighted by Gasteiger charge is -2.19. The van der Waals surface area contributed by atoms with Crippen molar-refractivity contribution in [3.8, 4) is 11.4 Å². The second kappa shape index (κ2) is 8.48. The molecule has 1 fully saturated rings. The van der Waals surface area contributed by atoms with Gasteiger partial charge >= 0.3 is 0 Å². The zero-order valence-electron chi connectivity index (χ0n) is 19.0. The van der Waals surface area contributed by atoms with Gasteiger partial charge in [-0.25, -0.2) is 12.8 Å². The molecule has 1 amide bonds. The van der Waals surface area contributed by atoms with Gasteiger partial charge in [-0.1, -0.05) is 18.1 Å². The molecule has 1 aliphatic rings. The number of rotatable bonds is 8. The molecule has 3 aromatic rings. The quantitative estimate of drug-likeness (QED) is 0.440. The molecule has 180 valence electrons. The highest BCUT2D eigenvalue weighted by Gasteiger charge is 2.53. The van der Waals surface area contributed by atoms with Crippen molar-refractivity contribution in [2.24, 2.45) is 17.1 Å². The minimum atomic E-state index is -3.91. The standard InChI is InChI=1S/C23H26FN5O4S/c1-14-12-23(14,25)21-27-19(28-33-21)15-7-9-18(10-8-15)34(31,32)29-17-6-4-5-16(11-17)26-20(30)22(2,3)13-24/h4-11,14,29H,12-13,25H2,1-3H3,(H,26,30). The Morgan fingerprint density at radius 3 is 2.50 bits per heavy atom. The lowest BCUT2D eigenvalue weighted by molar-refractivity contribution is -0.124. The number of amides is 1. The van der Waals surface area contributed by atoms with Crippen LogP contribution in [0.1, 0.15) is 33.1 Å². The molecule has 0 aliphatic heterocycles. The van der Waals surface area contributed by atoms with E-state index in [1.54, 1.807) is 30.3 Å². The molecule has 0 saturated heterocycles. The van der Waals surface area contributed by atoms with Crippen LogP contribution in [0.3, 0.4) is 0 Å². The van der Waals surface area contributed by atoms with Crippen molar-refractivity contribution in [2.45, 2.75) is 37.6 Å². The zero-order valence-corrected chi connectivity index (χ0v) is 19.8. The Morgan fingerprint density at radius 2 is 1.88 bits per heavy atom. The Labute approximate surface area is 197 Å². The molecule has 34 heavy (non-hydrogen) atoms. The molecule has 2 atom stereocenters. The molecular weight excluding hydrogens is 461 g/mol. The van der Waals surface area contributed by atoms with E-state index in [0.29, 0.717) is 23.0 Å². The number of nitrogens with zero attached hydrogens (tertiary/aromatic N) is 2. The molecule has 2 unspecified atom stereocenters. The summed E-state index contributed by atoms with van der Waals surface area (Å²) in [5.41, 5.74) is 5.59. The van der Waals surface area contributed by atoms with Crippen LogP contribution in [-0.4, -0.2) is 31.1 Å². The SMILES string of the molecule is CC1CC1(N)c1nc(-c2ccc(S(=O)(=O)Nc3cccc(NC(=O)C(C)(C)CF)c3)cc2)no1. The number of hydrogen-bond donors (Lipinski definition) is 3. The first-order valence-electron chi connectivity index (χ1n) is 10.7. The fraction of sp³-hybridized carbons (Fsp3) is 0.348. The van der Waals surface area contributed by atoms with Crippen molar-refractivity contribution in [2.75, 3.05) is 16.7 Å². The second-order valence-electron chi connectivity index (χ2n) is 9.25. The fourth-order valence-corrected chi connectivity index (χ4v) is 4.34. The fourth-order valence-electron chi connectivity index (χ4n) is 3.29. The van der Waals surface area contributed by atoms with Crippen molar-refractivity contribution >= 4 is 27.3 Å². The first kappa shape index (κ1) is 23.8. The average molecular weight is 488 g/mol. The Morgan fingerprint density at radius 1 is 1.24 bits per heavy atom. The number of halogens is 1. The minimum absolute atomic E-state index is 0.0269. The summed E-state index contributed by atoms with van der Waals surface area (Å²) in [6.45, 7) is 4.15. The maximum Gasteiger partial charge on any atom is 0.261 e. The van der Waals surface area contributed by atoms with Crippen LogP contribution in [-0.2, 0) is 20.4 Å². The highest BCUT2D eigenvalue weighted by molar-refractivity contribution is 7.92. The number of sulfonamides is 1. The molecule has 9 nitrogen and oxygen atoms in total. The molecule has 0 bridgehead atoms. The van der Waals surface area contributed by atoms with Gasteiger partial charge in [0.1, 0.15) is 6.67 Å². The van der Waals surface area contributed by atoms with Gasteiger partial charge in [0.2, 0.25) is 17.6 Å². The van der Waals surface area contributed by atoms with E-state index >= 15 is 0 Å². The van der Waals surface area contributed by atoms with Crippen LogP contribution in [0.5, 0.6) is 0 Å². The van der Waals surface area contributed by atoms with E-state index in [4.69, 9.17) is 10.3 Å². The predicted molar refractivity (Wildman–Crippen MR) is 125 cm³/mol. The smallest absolute Gasteiger partial charge is 0.261 e. The number of carbonyl (C=O) groups is 1. The molecule has 0 radical (unpaired) electrons. The zero-order chi connectivity index (χ0) is 24.7. The molecule has 11 heteroatoms. The maximum atomic E-state index is 13.1. The Kier molecular flexibility index (Phi) is 5.94. The summed E-state index contributed by atoms with van der Waals surface area (Å²) in [7, 11) is -3.91. The first-order valence-corrected chi connectivity index (χ1v) is 12.2. The molecule has 4 N–H and O–H groups in total. The summed E-state index contributed by atoms with van der Waals surface area (Å²) < 4.78 is 46.5. The monoisotopic (exact) mass is 487 g/mol. The maximum absolute atomic E-state index is 13.1. The van der Waals surface area contributed by atoms with Crippen molar-refractivity contribution in [1.82, 2.24) is 10.1 Å². The van der Waals surface area contributed by atoms with Crippen LogP contribution in [0, 0.1) is 11.3 Å². The normalized spacial score (nSPS) is 20.1. The van der Waals surface area contributed by atoms with Crippen molar-refractivity contribution in [3.05, 3.63) is 54.4 Å². The summed E-state index contributed by atoms with van der Waals surface area (Å²) in [5, 5.41) is 6.55. The lowest BCUT2D eigenvalue weighted by Crippen LogP contribution is -2.32. The number of benzene rings is 2. The van der Waals surface area contributed by atoms with Crippen molar-refractivity contribution in [3.63, 3.8) is 0 Å². The Bertz CT molecular complexity index is 1320. The molecule has 1 aromatic heterocycles. The van der Waals surface area contributed by atoms with Gasteiger partial charge in [0.25, 0.3) is 10.0 Å². The van der Waals surface area contributed by atoms with Crippen LogP contribution in [0.15, 0.2) is 57.9 Å². The molecule has 4 rings (SSSR count). The molecule has 1 aliphatic carbocycles. The Balaban J connectivity index is 1.47. The van der Waals surface area contributed by atoms with E-state index in [0.717, 1.165) is 6.42 Å². The van der Waals surface area contributed by atoms with Gasteiger partial charge in [0, 0.05) is 11.3 Å².